The lowest BCUT2D eigenvalue weighted by Crippen LogP contribution is -2.43. The van der Waals surface area contributed by atoms with Crippen LogP contribution in [0.3, 0.4) is 0 Å². The number of carbonyl (C=O) groups excluding carboxylic acids is 1. The number of hydrogen-bond acceptors (Lipinski definition) is 5. The van der Waals surface area contributed by atoms with E-state index in [0.717, 1.165) is 5.69 Å². The number of amides is 1. The van der Waals surface area contributed by atoms with Crippen LogP contribution in [0.2, 0.25) is 0 Å². The molecule has 1 atom stereocenters. The first-order chi connectivity index (χ1) is 13.6. The summed E-state index contributed by atoms with van der Waals surface area (Å²) >= 11 is 5.53. The van der Waals surface area contributed by atoms with Crippen molar-refractivity contribution in [3.8, 4) is 17.6 Å². The summed E-state index contributed by atoms with van der Waals surface area (Å²) < 4.78 is 7.73. The van der Waals surface area contributed by atoms with Crippen LogP contribution in [0.5, 0.6) is 5.88 Å². The highest BCUT2D eigenvalue weighted by Crippen LogP contribution is 2.53. The van der Waals surface area contributed by atoms with Gasteiger partial charge in [-0.25, -0.2) is 0 Å². The zero-order valence-corrected chi connectivity index (χ0v) is 15.2. The van der Waals surface area contributed by atoms with Crippen molar-refractivity contribution >= 4 is 23.8 Å². The average Bonchev–Trinajstić information content (AvgIpc) is 3.17. The molecule has 8 heteroatoms. The van der Waals surface area contributed by atoms with Crippen molar-refractivity contribution in [1.82, 2.24) is 9.55 Å². The third-order valence-electron chi connectivity index (χ3n) is 5.10. The van der Waals surface area contributed by atoms with Crippen molar-refractivity contribution in [1.29, 1.82) is 5.26 Å². The Morgan fingerprint density at radius 1 is 1.14 bits per heavy atom. The number of anilines is 1. The van der Waals surface area contributed by atoms with Gasteiger partial charge in [0.1, 0.15) is 17.3 Å². The summed E-state index contributed by atoms with van der Waals surface area (Å²) in [6.07, 6.45) is 0. The van der Waals surface area contributed by atoms with Gasteiger partial charge in [0, 0.05) is 16.9 Å². The van der Waals surface area contributed by atoms with Crippen molar-refractivity contribution in [2.75, 3.05) is 5.32 Å². The van der Waals surface area contributed by atoms with Crippen LogP contribution < -0.4 is 15.8 Å². The van der Waals surface area contributed by atoms with Crippen molar-refractivity contribution < 1.29 is 9.53 Å². The molecule has 0 fully saturated rings. The molecule has 2 aliphatic rings. The largest absolute Gasteiger partial charge is 0.422 e. The number of hydrogen-bond donors (Lipinski definition) is 3. The van der Waals surface area contributed by atoms with Crippen molar-refractivity contribution in [3.05, 3.63) is 82.1 Å². The summed E-state index contributed by atoms with van der Waals surface area (Å²) in [4.78, 5) is 16.4. The fraction of sp³-hybridized carbons (Fsp3) is 0.0500. The Morgan fingerprint density at radius 3 is 2.61 bits per heavy atom. The SMILES string of the molecule is N#CC1=C(N)Oc2[nH]c(=S)n(-c3ccccc3)c2C12C(=O)Nc1ccccc12. The van der Waals surface area contributed by atoms with Gasteiger partial charge in [0.25, 0.3) is 0 Å². The number of ether oxygens (including phenoxy) is 1. The highest BCUT2D eigenvalue weighted by atomic mass is 32.1. The van der Waals surface area contributed by atoms with Gasteiger partial charge in [-0.05, 0) is 30.4 Å². The Balaban J connectivity index is 1.96. The monoisotopic (exact) mass is 387 g/mol. The van der Waals surface area contributed by atoms with Gasteiger partial charge in [-0.2, -0.15) is 5.26 Å². The zero-order valence-electron chi connectivity index (χ0n) is 14.4. The van der Waals surface area contributed by atoms with Gasteiger partial charge in [-0.3, -0.25) is 9.36 Å². The molecule has 3 aromatic rings. The third-order valence-corrected chi connectivity index (χ3v) is 5.38. The quantitative estimate of drug-likeness (QED) is 0.556. The maximum atomic E-state index is 13.4. The second-order valence-corrected chi connectivity index (χ2v) is 6.87. The van der Waals surface area contributed by atoms with Gasteiger partial charge in [0.05, 0.1) is 0 Å². The highest BCUT2D eigenvalue weighted by molar-refractivity contribution is 7.71. The van der Waals surface area contributed by atoms with Gasteiger partial charge >= 0.3 is 0 Å². The lowest BCUT2D eigenvalue weighted by Gasteiger charge is -2.32. The summed E-state index contributed by atoms with van der Waals surface area (Å²) in [5.74, 6) is -0.257. The van der Waals surface area contributed by atoms with E-state index < -0.39 is 5.41 Å². The Kier molecular flexibility index (Phi) is 3.26. The average molecular weight is 387 g/mol. The number of aromatic nitrogens is 2. The number of para-hydroxylation sites is 2. The second-order valence-electron chi connectivity index (χ2n) is 6.48. The molecule has 28 heavy (non-hydrogen) atoms. The lowest BCUT2D eigenvalue weighted by molar-refractivity contribution is -0.118. The number of carbonyl (C=O) groups is 1. The molecule has 2 aliphatic heterocycles. The number of nitriles is 1. The molecular weight excluding hydrogens is 374 g/mol. The Bertz CT molecular complexity index is 1280. The fourth-order valence-electron chi connectivity index (χ4n) is 3.99. The van der Waals surface area contributed by atoms with Crippen LogP contribution in [-0.4, -0.2) is 15.5 Å². The first-order valence-corrected chi connectivity index (χ1v) is 8.90. The molecular formula is C20H13N5O2S. The number of H-pyrrole nitrogens is 1. The number of imidazole rings is 1. The molecule has 4 N–H and O–H groups in total. The molecule has 1 aromatic heterocycles. The molecule has 136 valence electrons. The molecule has 1 spiro atoms. The first kappa shape index (κ1) is 16.4. The molecule has 0 radical (unpaired) electrons. The fourth-order valence-corrected chi connectivity index (χ4v) is 4.28. The van der Waals surface area contributed by atoms with Gasteiger partial charge in [0.2, 0.25) is 17.7 Å². The number of fused-ring (bicyclic) bond motifs is 4. The van der Waals surface area contributed by atoms with E-state index in [-0.39, 0.29) is 23.2 Å². The van der Waals surface area contributed by atoms with Crippen molar-refractivity contribution in [2.45, 2.75) is 5.41 Å². The van der Waals surface area contributed by atoms with Crippen LogP contribution in [0.4, 0.5) is 5.69 Å². The van der Waals surface area contributed by atoms with Crippen molar-refractivity contribution in [3.63, 3.8) is 0 Å². The van der Waals surface area contributed by atoms with E-state index in [4.69, 9.17) is 22.7 Å². The molecule has 5 rings (SSSR count). The van der Waals surface area contributed by atoms with Crippen LogP contribution >= 0.6 is 12.2 Å². The van der Waals surface area contributed by atoms with E-state index in [2.05, 4.69) is 16.4 Å². The standard InChI is InChI=1S/C20H13N5O2S/c21-10-13-16(22)27-17-15(25(19(28)24-17)11-6-2-1-3-7-11)20(13)12-8-4-5-9-14(12)23-18(20)26/h1-9H,22H2,(H,23,26)(H,24,28). The topological polar surface area (TPSA) is 109 Å². The minimum atomic E-state index is -1.47. The molecule has 1 amide bonds. The van der Waals surface area contributed by atoms with Gasteiger partial charge < -0.3 is 20.8 Å². The summed E-state index contributed by atoms with van der Waals surface area (Å²) in [5.41, 5.74) is 7.04. The van der Waals surface area contributed by atoms with Crippen LogP contribution in [0.25, 0.3) is 5.69 Å². The molecule has 0 saturated heterocycles. The number of benzene rings is 2. The summed E-state index contributed by atoms with van der Waals surface area (Å²) in [7, 11) is 0. The van der Waals surface area contributed by atoms with E-state index in [1.807, 2.05) is 42.5 Å². The molecule has 1 unspecified atom stereocenters. The third kappa shape index (κ3) is 1.86. The van der Waals surface area contributed by atoms with E-state index >= 15 is 0 Å². The number of nitrogens with zero attached hydrogens (tertiary/aromatic N) is 2. The molecule has 0 bridgehead atoms. The van der Waals surface area contributed by atoms with Crippen LogP contribution in [-0.2, 0) is 10.2 Å². The van der Waals surface area contributed by atoms with Crippen molar-refractivity contribution in [2.24, 2.45) is 5.73 Å². The second kappa shape index (κ2) is 5.58. The normalized spacial score (nSPS) is 19.6. The van der Waals surface area contributed by atoms with E-state index in [1.54, 1.807) is 16.7 Å². The minimum Gasteiger partial charge on any atom is -0.422 e. The minimum absolute atomic E-state index is 0.0288. The predicted octanol–water partition coefficient (Wildman–Crippen LogP) is 2.86. The summed E-state index contributed by atoms with van der Waals surface area (Å²) in [6.45, 7) is 0. The van der Waals surface area contributed by atoms with E-state index in [0.29, 0.717) is 21.7 Å². The van der Waals surface area contributed by atoms with Gasteiger partial charge in [-0.15, -0.1) is 0 Å². The highest BCUT2D eigenvalue weighted by Gasteiger charge is 2.58. The van der Waals surface area contributed by atoms with E-state index in [9.17, 15) is 10.1 Å². The lowest BCUT2D eigenvalue weighted by atomic mass is 9.71. The molecule has 2 aromatic carbocycles. The van der Waals surface area contributed by atoms with Gasteiger partial charge in [-0.1, -0.05) is 36.4 Å². The molecule has 7 nitrogen and oxygen atoms in total. The number of aromatic amines is 1. The smallest absolute Gasteiger partial charge is 0.246 e. The Hall–Kier alpha value is -3.83. The molecule has 0 aliphatic carbocycles. The van der Waals surface area contributed by atoms with Gasteiger partial charge in [0.15, 0.2) is 10.2 Å². The Morgan fingerprint density at radius 2 is 1.86 bits per heavy atom. The molecule has 3 heterocycles. The zero-order chi connectivity index (χ0) is 19.5. The molecule has 0 saturated carbocycles. The predicted molar refractivity (Wildman–Crippen MR) is 104 cm³/mol. The first-order valence-electron chi connectivity index (χ1n) is 8.49. The maximum absolute atomic E-state index is 13.4. The number of nitrogens with two attached hydrogens (primary N) is 1. The van der Waals surface area contributed by atoms with E-state index in [1.165, 1.54) is 0 Å². The summed E-state index contributed by atoms with van der Waals surface area (Å²) in [6, 6.07) is 18.7. The van der Waals surface area contributed by atoms with Crippen LogP contribution in [0.1, 0.15) is 11.3 Å². The maximum Gasteiger partial charge on any atom is 0.246 e. The summed E-state index contributed by atoms with van der Waals surface area (Å²) in [5, 5.41) is 12.8. The number of nitrogens with one attached hydrogen (secondary N) is 2. The number of rotatable bonds is 1. The Labute approximate surface area is 164 Å². The van der Waals surface area contributed by atoms with Crippen LogP contribution in [0.15, 0.2) is 66.1 Å². The van der Waals surface area contributed by atoms with Crippen LogP contribution in [0, 0.1) is 16.1 Å².